The zero-order valence-corrected chi connectivity index (χ0v) is 11.9. The van der Waals surface area contributed by atoms with Crippen molar-refractivity contribution in [3.05, 3.63) is 52.8 Å². The van der Waals surface area contributed by atoms with E-state index in [1.807, 2.05) is 37.3 Å². The molecule has 0 bridgehead atoms. The molecule has 100 valence electrons. The van der Waals surface area contributed by atoms with E-state index in [0.29, 0.717) is 11.6 Å². The third-order valence-electron chi connectivity index (χ3n) is 2.81. The van der Waals surface area contributed by atoms with Crippen molar-refractivity contribution < 1.29 is 4.74 Å². The topological polar surface area (TPSA) is 34.1 Å². The third-order valence-corrected chi connectivity index (χ3v) is 3.16. The fourth-order valence-electron chi connectivity index (χ4n) is 1.75. The molecular formula is C15H17ClN2O. The molecule has 4 heteroatoms. The van der Waals surface area contributed by atoms with Gasteiger partial charge in [0, 0.05) is 23.3 Å². The summed E-state index contributed by atoms with van der Waals surface area (Å²) in [5.41, 5.74) is 1.83. The monoisotopic (exact) mass is 276 g/mol. The maximum absolute atomic E-state index is 6.24. The minimum Gasteiger partial charge on any atom is -0.455 e. The average Bonchev–Trinajstić information content (AvgIpc) is 2.41. The quantitative estimate of drug-likeness (QED) is 0.898. The summed E-state index contributed by atoms with van der Waals surface area (Å²) in [5, 5.41) is 3.97. The molecule has 1 N–H and O–H groups in total. The van der Waals surface area contributed by atoms with E-state index in [-0.39, 0.29) is 0 Å². The number of aryl methyl sites for hydroxylation is 1. The van der Waals surface area contributed by atoms with Gasteiger partial charge in [-0.15, -0.1) is 0 Å². The highest BCUT2D eigenvalue weighted by Gasteiger charge is 2.10. The second-order valence-corrected chi connectivity index (χ2v) is 4.59. The summed E-state index contributed by atoms with van der Waals surface area (Å²) in [6.07, 6.45) is 1.75. The van der Waals surface area contributed by atoms with E-state index in [9.17, 15) is 0 Å². The summed E-state index contributed by atoms with van der Waals surface area (Å²) >= 11 is 6.24. The van der Waals surface area contributed by atoms with Gasteiger partial charge in [0.15, 0.2) is 0 Å². The predicted molar refractivity (Wildman–Crippen MR) is 77.9 cm³/mol. The summed E-state index contributed by atoms with van der Waals surface area (Å²) in [7, 11) is 0. The summed E-state index contributed by atoms with van der Waals surface area (Å²) in [6, 6.07) is 9.44. The Bertz CT molecular complexity index is 558. The van der Waals surface area contributed by atoms with Crippen LogP contribution in [0.1, 0.15) is 18.2 Å². The molecule has 1 heterocycles. The standard InChI is InChI=1S/C15H17ClN2O/c1-3-17-10-12-13(16)6-4-7-15(12)19-14-8-5-9-18-11(14)2/h4-9,17H,3,10H2,1-2H3. The van der Waals surface area contributed by atoms with Crippen LogP contribution in [0.4, 0.5) is 0 Å². The van der Waals surface area contributed by atoms with Gasteiger partial charge in [-0.2, -0.15) is 0 Å². The van der Waals surface area contributed by atoms with Gasteiger partial charge < -0.3 is 10.1 Å². The SMILES string of the molecule is CCNCc1c(Cl)cccc1Oc1cccnc1C. The molecule has 0 fully saturated rings. The number of aromatic nitrogens is 1. The number of nitrogens with zero attached hydrogens (tertiary/aromatic N) is 1. The summed E-state index contributed by atoms with van der Waals surface area (Å²) < 4.78 is 5.93. The summed E-state index contributed by atoms with van der Waals surface area (Å²) in [4.78, 5) is 4.22. The van der Waals surface area contributed by atoms with Gasteiger partial charge in [0.2, 0.25) is 0 Å². The van der Waals surface area contributed by atoms with Crippen LogP contribution in [-0.2, 0) is 6.54 Å². The Hall–Kier alpha value is -1.58. The van der Waals surface area contributed by atoms with E-state index in [2.05, 4.69) is 17.2 Å². The summed E-state index contributed by atoms with van der Waals surface area (Å²) in [6.45, 7) is 5.55. The molecule has 3 nitrogen and oxygen atoms in total. The van der Waals surface area contributed by atoms with E-state index in [1.54, 1.807) is 6.20 Å². The van der Waals surface area contributed by atoms with Gasteiger partial charge in [-0.3, -0.25) is 4.98 Å². The zero-order chi connectivity index (χ0) is 13.7. The molecule has 1 aromatic heterocycles. The van der Waals surface area contributed by atoms with Crippen molar-refractivity contribution in [1.29, 1.82) is 0 Å². The van der Waals surface area contributed by atoms with Crippen LogP contribution in [0.2, 0.25) is 5.02 Å². The van der Waals surface area contributed by atoms with Crippen LogP contribution in [0.3, 0.4) is 0 Å². The molecule has 0 amide bonds. The number of nitrogens with one attached hydrogen (secondary N) is 1. The Morgan fingerprint density at radius 1 is 1.21 bits per heavy atom. The smallest absolute Gasteiger partial charge is 0.148 e. The van der Waals surface area contributed by atoms with Crippen molar-refractivity contribution >= 4 is 11.6 Å². The van der Waals surface area contributed by atoms with E-state index >= 15 is 0 Å². The first-order valence-corrected chi connectivity index (χ1v) is 6.67. The first-order valence-electron chi connectivity index (χ1n) is 6.30. The lowest BCUT2D eigenvalue weighted by molar-refractivity contribution is 0.467. The molecule has 2 aromatic rings. The molecule has 0 aliphatic heterocycles. The lowest BCUT2D eigenvalue weighted by Gasteiger charge is -2.13. The molecule has 0 unspecified atom stereocenters. The number of ether oxygens (including phenoxy) is 1. The number of rotatable bonds is 5. The highest BCUT2D eigenvalue weighted by Crippen LogP contribution is 2.31. The van der Waals surface area contributed by atoms with Crippen molar-refractivity contribution in [1.82, 2.24) is 10.3 Å². The Labute approximate surface area is 118 Å². The van der Waals surface area contributed by atoms with Gasteiger partial charge in [0.25, 0.3) is 0 Å². The number of halogens is 1. The van der Waals surface area contributed by atoms with Gasteiger partial charge in [0.05, 0.1) is 5.69 Å². The molecule has 1 aromatic carbocycles. The van der Waals surface area contributed by atoms with Crippen LogP contribution in [0.5, 0.6) is 11.5 Å². The second kappa shape index (κ2) is 6.55. The molecule has 2 rings (SSSR count). The van der Waals surface area contributed by atoms with Gasteiger partial charge in [0.1, 0.15) is 11.5 Å². The van der Waals surface area contributed by atoms with Crippen LogP contribution in [0.25, 0.3) is 0 Å². The van der Waals surface area contributed by atoms with E-state index < -0.39 is 0 Å². The van der Waals surface area contributed by atoms with E-state index in [0.717, 1.165) is 29.3 Å². The lowest BCUT2D eigenvalue weighted by Crippen LogP contribution is -2.12. The molecule has 0 saturated carbocycles. The molecule has 0 aliphatic carbocycles. The number of hydrogen-bond donors (Lipinski definition) is 1. The molecule has 0 spiro atoms. The number of benzene rings is 1. The first-order chi connectivity index (χ1) is 9.22. The molecule has 0 aliphatic rings. The van der Waals surface area contributed by atoms with E-state index in [1.165, 1.54) is 0 Å². The minimum absolute atomic E-state index is 0.685. The van der Waals surface area contributed by atoms with Gasteiger partial charge in [-0.1, -0.05) is 24.6 Å². The first kappa shape index (κ1) is 13.8. The molecule has 19 heavy (non-hydrogen) atoms. The second-order valence-electron chi connectivity index (χ2n) is 4.19. The third kappa shape index (κ3) is 3.46. The fraction of sp³-hybridized carbons (Fsp3) is 0.267. The minimum atomic E-state index is 0.685. The van der Waals surface area contributed by atoms with Crippen LogP contribution in [0.15, 0.2) is 36.5 Å². The Balaban J connectivity index is 2.29. The molecule has 0 atom stereocenters. The fourth-order valence-corrected chi connectivity index (χ4v) is 1.98. The Morgan fingerprint density at radius 3 is 2.74 bits per heavy atom. The van der Waals surface area contributed by atoms with Crippen molar-refractivity contribution in [2.45, 2.75) is 20.4 Å². The van der Waals surface area contributed by atoms with Crippen LogP contribution < -0.4 is 10.1 Å². The lowest BCUT2D eigenvalue weighted by atomic mass is 10.2. The van der Waals surface area contributed by atoms with Crippen LogP contribution in [-0.4, -0.2) is 11.5 Å². The van der Waals surface area contributed by atoms with Crippen molar-refractivity contribution in [2.24, 2.45) is 0 Å². The summed E-state index contributed by atoms with van der Waals surface area (Å²) in [5.74, 6) is 1.52. The average molecular weight is 277 g/mol. The largest absolute Gasteiger partial charge is 0.455 e. The highest BCUT2D eigenvalue weighted by molar-refractivity contribution is 6.31. The normalized spacial score (nSPS) is 10.5. The molecule has 0 saturated heterocycles. The van der Waals surface area contributed by atoms with Gasteiger partial charge in [-0.05, 0) is 37.7 Å². The Morgan fingerprint density at radius 2 is 2.00 bits per heavy atom. The predicted octanol–water partition coefficient (Wildman–Crippen LogP) is 3.95. The maximum Gasteiger partial charge on any atom is 0.148 e. The van der Waals surface area contributed by atoms with Gasteiger partial charge >= 0.3 is 0 Å². The van der Waals surface area contributed by atoms with E-state index in [4.69, 9.17) is 16.3 Å². The number of hydrogen-bond acceptors (Lipinski definition) is 3. The van der Waals surface area contributed by atoms with Crippen molar-refractivity contribution in [3.63, 3.8) is 0 Å². The van der Waals surface area contributed by atoms with Crippen LogP contribution in [0, 0.1) is 6.92 Å². The van der Waals surface area contributed by atoms with Crippen molar-refractivity contribution in [3.8, 4) is 11.5 Å². The van der Waals surface area contributed by atoms with Gasteiger partial charge in [-0.25, -0.2) is 0 Å². The zero-order valence-electron chi connectivity index (χ0n) is 11.1. The highest BCUT2D eigenvalue weighted by atomic mass is 35.5. The Kier molecular flexibility index (Phi) is 4.77. The van der Waals surface area contributed by atoms with Crippen molar-refractivity contribution in [2.75, 3.05) is 6.54 Å². The molecule has 0 radical (unpaired) electrons. The number of pyridine rings is 1. The van der Waals surface area contributed by atoms with Crippen LogP contribution >= 0.6 is 11.6 Å². The maximum atomic E-state index is 6.24. The molecular weight excluding hydrogens is 260 g/mol.